The summed E-state index contributed by atoms with van der Waals surface area (Å²) in [5.41, 5.74) is 0. The molecule has 1 aliphatic rings. The highest BCUT2D eigenvalue weighted by Gasteiger charge is 2.16. The van der Waals surface area contributed by atoms with Crippen LogP contribution in [0, 0.1) is 0 Å². The summed E-state index contributed by atoms with van der Waals surface area (Å²) in [4.78, 5) is 16.2. The van der Waals surface area contributed by atoms with E-state index in [-0.39, 0.29) is 5.91 Å². The van der Waals surface area contributed by atoms with Crippen molar-refractivity contribution in [2.75, 3.05) is 0 Å². The molecule has 1 fully saturated rings. The summed E-state index contributed by atoms with van der Waals surface area (Å²) in [6.07, 6.45) is 9.34. The number of carbonyl (C=O) groups is 1. The van der Waals surface area contributed by atoms with E-state index in [0.29, 0.717) is 42.8 Å². The highest BCUT2D eigenvalue weighted by atomic mass is 16.5. The van der Waals surface area contributed by atoms with Gasteiger partial charge in [0.15, 0.2) is 5.76 Å². The Morgan fingerprint density at radius 2 is 2.18 bits per heavy atom. The van der Waals surface area contributed by atoms with E-state index in [9.17, 15) is 4.79 Å². The summed E-state index contributed by atoms with van der Waals surface area (Å²) in [5.74, 6) is 1.70. The summed E-state index contributed by atoms with van der Waals surface area (Å²) in [6, 6.07) is 3.93. The van der Waals surface area contributed by atoms with Gasteiger partial charge < -0.3 is 14.3 Å². The summed E-state index contributed by atoms with van der Waals surface area (Å²) < 4.78 is 10.4. The first-order valence-electron chi connectivity index (χ1n) is 7.97. The molecule has 2 heterocycles. The van der Waals surface area contributed by atoms with Crippen LogP contribution in [0.5, 0.6) is 0 Å². The smallest absolute Gasteiger partial charge is 0.238 e. The van der Waals surface area contributed by atoms with E-state index in [4.69, 9.17) is 8.94 Å². The van der Waals surface area contributed by atoms with Crippen LogP contribution in [-0.4, -0.2) is 22.1 Å². The maximum absolute atomic E-state index is 11.9. The molecule has 0 spiro atoms. The monoisotopic (exact) mass is 303 g/mol. The molecule has 3 rings (SSSR count). The second kappa shape index (κ2) is 7.24. The number of aryl methyl sites for hydroxylation is 1. The largest absolute Gasteiger partial charge is 0.461 e. The van der Waals surface area contributed by atoms with Gasteiger partial charge in [-0.3, -0.25) is 4.79 Å². The van der Waals surface area contributed by atoms with Crippen molar-refractivity contribution in [3.8, 4) is 11.6 Å². The predicted molar refractivity (Wildman–Crippen MR) is 80.0 cm³/mol. The van der Waals surface area contributed by atoms with Gasteiger partial charge in [-0.25, -0.2) is 0 Å². The van der Waals surface area contributed by atoms with Crippen LogP contribution in [0.25, 0.3) is 11.6 Å². The lowest BCUT2D eigenvalue weighted by atomic mass is 9.95. The van der Waals surface area contributed by atoms with Crippen LogP contribution >= 0.6 is 0 Å². The van der Waals surface area contributed by atoms with Gasteiger partial charge in [0.25, 0.3) is 0 Å². The lowest BCUT2D eigenvalue weighted by Crippen LogP contribution is -2.36. The van der Waals surface area contributed by atoms with Crippen molar-refractivity contribution in [2.45, 2.75) is 57.4 Å². The molecule has 1 saturated carbocycles. The molecule has 0 aromatic carbocycles. The number of nitrogens with zero attached hydrogens (tertiary/aromatic N) is 2. The third kappa shape index (κ3) is 3.96. The molecule has 0 radical (unpaired) electrons. The molecule has 22 heavy (non-hydrogen) atoms. The molecule has 2 aromatic rings. The average molecular weight is 303 g/mol. The summed E-state index contributed by atoms with van der Waals surface area (Å²) in [7, 11) is 0. The first-order valence-corrected chi connectivity index (χ1v) is 7.97. The molecular weight excluding hydrogens is 282 g/mol. The van der Waals surface area contributed by atoms with Crippen molar-refractivity contribution in [2.24, 2.45) is 0 Å². The van der Waals surface area contributed by atoms with Gasteiger partial charge in [0, 0.05) is 18.9 Å². The molecule has 118 valence electrons. The second-order valence-electron chi connectivity index (χ2n) is 5.75. The zero-order valence-corrected chi connectivity index (χ0v) is 12.6. The van der Waals surface area contributed by atoms with E-state index in [1.807, 2.05) is 0 Å². The highest BCUT2D eigenvalue weighted by Crippen LogP contribution is 2.18. The summed E-state index contributed by atoms with van der Waals surface area (Å²) >= 11 is 0. The van der Waals surface area contributed by atoms with Crippen LogP contribution in [0.1, 0.15) is 50.8 Å². The van der Waals surface area contributed by atoms with E-state index in [2.05, 4.69) is 15.5 Å². The standard InChI is InChI=1S/C16H21N3O3/c20-14(17-12-6-2-1-3-7-12)9-4-10-15-18-16(19-22-15)13-8-5-11-21-13/h5,8,11-12H,1-4,6-7,9-10H2,(H,17,20). The topological polar surface area (TPSA) is 81.2 Å². The van der Waals surface area contributed by atoms with Crippen molar-refractivity contribution < 1.29 is 13.7 Å². The van der Waals surface area contributed by atoms with Crippen LogP contribution in [0.4, 0.5) is 0 Å². The fourth-order valence-electron chi connectivity index (χ4n) is 2.81. The first-order chi connectivity index (χ1) is 10.8. The van der Waals surface area contributed by atoms with Crippen molar-refractivity contribution in [3.63, 3.8) is 0 Å². The molecule has 6 nitrogen and oxygen atoms in total. The molecule has 1 aliphatic carbocycles. The number of amides is 1. The van der Waals surface area contributed by atoms with Gasteiger partial charge in [-0.15, -0.1) is 0 Å². The van der Waals surface area contributed by atoms with Crippen LogP contribution in [0.3, 0.4) is 0 Å². The molecule has 0 saturated heterocycles. The molecule has 1 amide bonds. The number of rotatable bonds is 6. The zero-order valence-electron chi connectivity index (χ0n) is 12.6. The third-order valence-electron chi connectivity index (χ3n) is 3.97. The summed E-state index contributed by atoms with van der Waals surface area (Å²) in [5, 5.41) is 6.98. The number of nitrogens with one attached hydrogen (secondary N) is 1. The molecule has 6 heteroatoms. The Morgan fingerprint density at radius 3 is 2.95 bits per heavy atom. The van der Waals surface area contributed by atoms with E-state index in [0.717, 1.165) is 12.8 Å². The van der Waals surface area contributed by atoms with Crippen LogP contribution < -0.4 is 5.32 Å². The van der Waals surface area contributed by atoms with Gasteiger partial charge in [-0.2, -0.15) is 4.98 Å². The minimum atomic E-state index is 0.123. The van der Waals surface area contributed by atoms with E-state index in [1.165, 1.54) is 19.3 Å². The molecule has 0 bridgehead atoms. The molecular formula is C16H21N3O3. The van der Waals surface area contributed by atoms with Crippen LogP contribution in [0.15, 0.2) is 27.3 Å². The summed E-state index contributed by atoms with van der Waals surface area (Å²) in [6.45, 7) is 0. The zero-order chi connectivity index (χ0) is 15.2. The first kappa shape index (κ1) is 14.8. The molecule has 1 N–H and O–H groups in total. The molecule has 0 atom stereocenters. The average Bonchev–Trinajstić information content (AvgIpc) is 3.19. The fourth-order valence-corrected chi connectivity index (χ4v) is 2.81. The Labute approximate surface area is 129 Å². The number of hydrogen-bond acceptors (Lipinski definition) is 5. The number of aromatic nitrogens is 2. The van der Waals surface area contributed by atoms with Crippen molar-refractivity contribution in [1.29, 1.82) is 0 Å². The third-order valence-corrected chi connectivity index (χ3v) is 3.97. The lowest BCUT2D eigenvalue weighted by Gasteiger charge is -2.22. The van der Waals surface area contributed by atoms with E-state index in [1.54, 1.807) is 18.4 Å². The normalized spacial score (nSPS) is 15.8. The van der Waals surface area contributed by atoms with Crippen molar-refractivity contribution in [1.82, 2.24) is 15.5 Å². The van der Waals surface area contributed by atoms with Gasteiger partial charge in [0.1, 0.15) is 0 Å². The molecule has 0 aliphatic heterocycles. The van der Waals surface area contributed by atoms with Gasteiger partial charge in [-0.05, 0) is 31.4 Å². The Kier molecular flexibility index (Phi) is 4.88. The predicted octanol–water partition coefficient (Wildman–Crippen LogP) is 3.10. The maximum Gasteiger partial charge on any atom is 0.238 e. The Morgan fingerprint density at radius 1 is 1.32 bits per heavy atom. The molecule has 2 aromatic heterocycles. The number of hydrogen-bond donors (Lipinski definition) is 1. The quantitative estimate of drug-likeness (QED) is 0.886. The Balaban J connectivity index is 1.40. The van der Waals surface area contributed by atoms with Crippen molar-refractivity contribution in [3.05, 3.63) is 24.3 Å². The highest BCUT2D eigenvalue weighted by molar-refractivity contribution is 5.76. The Hall–Kier alpha value is -2.11. The van der Waals surface area contributed by atoms with Gasteiger partial charge in [0.2, 0.25) is 17.6 Å². The lowest BCUT2D eigenvalue weighted by molar-refractivity contribution is -0.122. The van der Waals surface area contributed by atoms with E-state index >= 15 is 0 Å². The Bertz CT molecular complexity index is 586. The van der Waals surface area contributed by atoms with Crippen LogP contribution in [0.2, 0.25) is 0 Å². The minimum Gasteiger partial charge on any atom is -0.461 e. The minimum absolute atomic E-state index is 0.123. The van der Waals surface area contributed by atoms with Gasteiger partial charge >= 0.3 is 0 Å². The maximum atomic E-state index is 11.9. The second-order valence-corrected chi connectivity index (χ2v) is 5.75. The van der Waals surface area contributed by atoms with Gasteiger partial charge in [-0.1, -0.05) is 24.4 Å². The SMILES string of the molecule is O=C(CCCc1nc(-c2ccco2)no1)NC1CCCCC1. The number of furan rings is 1. The van der Waals surface area contributed by atoms with E-state index < -0.39 is 0 Å². The van der Waals surface area contributed by atoms with Crippen molar-refractivity contribution >= 4 is 5.91 Å². The van der Waals surface area contributed by atoms with Gasteiger partial charge in [0.05, 0.1) is 6.26 Å². The number of carbonyl (C=O) groups excluding carboxylic acids is 1. The molecule has 0 unspecified atom stereocenters. The fraction of sp³-hybridized carbons (Fsp3) is 0.562. The van der Waals surface area contributed by atoms with Crippen LogP contribution in [-0.2, 0) is 11.2 Å².